The first-order valence-electron chi connectivity index (χ1n) is 7.01. The fourth-order valence-corrected chi connectivity index (χ4v) is 2.29. The van der Waals surface area contributed by atoms with E-state index in [0.717, 1.165) is 30.8 Å². The summed E-state index contributed by atoms with van der Waals surface area (Å²) >= 11 is 0. The SMILES string of the molecule is CCCN(CC(C)(C)CN)c1cccc([N+](=O)[O-])c1C. The summed E-state index contributed by atoms with van der Waals surface area (Å²) in [6, 6.07) is 5.25. The van der Waals surface area contributed by atoms with Crippen molar-refractivity contribution in [2.24, 2.45) is 11.1 Å². The normalized spacial score (nSPS) is 11.4. The largest absolute Gasteiger partial charge is 0.371 e. The van der Waals surface area contributed by atoms with Crippen LogP contribution in [0.2, 0.25) is 0 Å². The maximum Gasteiger partial charge on any atom is 0.274 e. The zero-order valence-electron chi connectivity index (χ0n) is 12.8. The van der Waals surface area contributed by atoms with E-state index in [9.17, 15) is 10.1 Å². The van der Waals surface area contributed by atoms with E-state index in [0.29, 0.717) is 6.54 Å². The Morgan fingerprint density at radius 3 is 2.55 bits per heavy atom. The lowest BCUT2D eigenvalue weighted by Crippen LogP contribution is -2.39. The predicted octanol–water partition coefficient (Wildman–Crippen LogP) is 3.10. The molecule has 0 aliphatic rings. The number of rotatable bonds is 7. The van der Waals surface area contributed by atoms with E-state index in [1.807, 2.05) is 13.0 Å². The Kier molecular flexibility index (Phi) is 5.51. The van der Waals surface area contributed by atoms with Crippen LogP contribution < -0.4 is 10.6 Å². The van der Waals surface area contributed by atoms with Crippen molar-refractivity contribution in [3.63, 3.8) is 0 Å². The average Bonchev–Trinajstić information content (AvgIpc) is 2.38. The minimum Gasteiger partial charge on any atom is -0.371 e. The molecule has 5 heteroatoms. The smallest absolute Gasteiger partial charge is 0.274 e. The lowest BCUT2D eigenvalue weighted by atomic mass is 9.92. The van der Waals surface area contributed by atoms with Crippen molar-refractivity contribution in [3.8, 4) is 0 Å². The highest BCUT2D eigenvalue weighted by Crippen LogP contribution is 2.30. The monoisotopic (exact) mass is 279 g/mol. The van der Waals surface area contributed by atoms with E-state index in [4.69, 9.17) is 5.73 Å². The molecule has 0 amide bonds. The fraction of sp³-hybridized carbons (Fsp3) is 0.600. The summed E-state index contributed by atoms with van der Waals surface area (Å²) in [6.45, 7) is 10.4. The highest BCUT2D eigenvalue weighted by atomic mass is 16.6. The number of nitro groups is 1. The van der Waals surface area contributed by atoms with Gasteiger partial charge in [-0.2, -0.15) is 0 Å². The van der Waals surface area contributed by atoms with Gasteiger partial charge in [0.05, 0.1) is 10.5 Å². The van der Waals surface area contributed by atoms with Gasteiger partial charge in [-0.3, -0.25) is 10.1 Å². The molecule has 0 saturated heterocycles. The Morgan fingerprint density at radius 2 is 2.05 bits per heavy atom. The molecule has 112 valence electrons. The van der Waals surface area contributed by atoms with Crippen LogP contribution in [-0.2, 0) is 0 Å². The summed E-state index contributed by atoms with van der Waals surface area (Å²) in [5, 5.41) is 11.1. The maximum absolute atomic E-state index is 11.1. The molecule has 0 aliphatic carbocycles. The molecule has 0 aromatic heterocycles. The highest BCUT2D eigenvalue weighted by Gasteiger charge is 2.23. The molecule has 0 heterocycles. The van der Waals surface area contributed by atoms with Gasteiger partial charge in [-0.15, -0.1) is 0 Å². The minimum absolute atomic E-state index is 0.0216. The maximum atomic E-state index is 11.1. The summed E-state index contributed by atoms with van der Waals surface area (Å²) in [5.41, 5.74) is 7.62. The topological polar surface area (TPSA) is 72.4 Å². The molecule has 0 atom stereocenters. The van der Waals surface area contributed by atoms with Crippen molar-refractivity contribution >= 4 is 11.4 Å². The fourth-order valence-electron chi connectivity index (χ4n) is 2.29. The molecule has 0 spiro atoms. The van der Waals surface area contributed by atoms with Crippen LogP contribution in [0.25, 0.3) is 0 Å². The number of benzene rings is 1. The summed E-state index contributed by atoms with van der Waals surface area (Å²) in [6.07, 6.45) is 0.989. The van der Waals surface area contributed by atoms with Gasteiger partial charge in [0.2, 0.25) is 0 Å². The number of nitrogens with zero attached hydrogens (tertiary/aromatic N) is 2. The molecule has 0 bridgehead atoms. The Balaban J connectivity index is 3.15. The third-order valence-corrected chi connectivity index (χ3v) is 3.48. The molecule has 0 saturated carbocycles. The first-order chi connectivity index (χ1) is 9.32. The second-order valence-corrected chi connectivity index (χ2v) is 5.97. The van der Waals surface area contributed by atoms with Crippen LogP contribution in [0.5, 0.6) is 0 Å². The molecule has 1 aromatic rings. The van der Waals surface area contributed by atoms with E-state index < -0.39 is 0 Å². The zero-order chi connectivity index (χ0) is 15.3. The van der Waals surface area contributed by atoms with Crippen molar-refractivity contribution in [1.82, 2.24) is 0 Å². The van der Waals surface area contributed by atoms with Gasteiger partial charge in [0.15, 0.2) is 0 Å². The van der Waals surface area contributed by atoms with Gasteiger partial charge in [-0.1, -0.05) is 26.8 Å². The molecular weight excluding hydrogens is 254 g/mol. The number of anilines is 1. The predicted molar refractivity (Wildman–Crippen MR) is 83.2 cm³/mol. The van der Waals surface area contributed by atoms with Crippen LogP contribution in [0, 0.1) is 22.5 Å². The summed E-state index contributed by atoms with van der Waals surface area (Å²) in [5.74, 6) is 0. The Hall–Kier alpha value is -1.62. The lowest BCUT2D eigenvalue weighted by molar-refractivity contribution is -0.385. The number of nitro benzene ring substituents is 1. The molecular formula is C15H25N3O2. The van der Waals surface area contributed by atoms with Crippen molar-refractivity contribution in [3.05, 3.63) is 33.9 Å². The quantitative estimate of drug-likeness (QED) is 0.615. The molecule has 0 radical (unpaired) electrons. The van der Waals surface area contributed by atoms with Gasteiger partial charge in [0, 0.05) is 24.8 Å². The van der Waals surface area contributed by atoms with Crippen LogP contribution in [0.15, 0.2) is 18.2 Å². The Bertz CT molecular complexity index is 472. The van der Waals surface area contributed by atoms with Crippen molar-refractivity contribution in [2.75, 3.05) is 24.5 Å². The highest BCUT2D eigenvalue weighted by molar-refractivity contribution is 5.61. The van der Waals surface area contributed by atoms with E-state index in [1.165, 1.54) is 0 Å². The Morgan fingerprint density at radius 1 is 1.40 bits per heavy atom. The number of hydrogen-bond acceptors (Lipinski definition) is 4. The molecule has 2 N–H and O–H groups in total. The Labute approximate surface area is 120 Å². The van der Waals surface area contributed by atoms with E-state index in [2.05, 4.69) is 25.7 Å². The van der Waals surface area contributed by atoms with Crippen LogP contribution in [0.1, 0.15) is 32.8 Å². The van der Waals surface area contributed by atoms with Gasteiger partial charge < -0.3 is 10.6 Å². The molecule has 0 aliphatic heterocycles. The number of nitrogens with two attached hydrogens (primary N) is 1. The zero-order valence-corrected chi connectivity index (χ0v) is 12.8. The van der Waals surface area contributed by atoms with E-state index >= 15 is 0 Å². The van der Waals surface area contributed by atoms with Gasteiger partial charge in [-0.25, -0.2) is 0 Å². The summed E-state index contributed by atoms with van der Waals surface area (Å²) in [4.78, 5) is 12.9. The average molecular weight is 279 g/mol. The molecule has 1 aromatic carbocycles. The van der Waals surface area contributed by atoms with Gasteiger partial charge in [-0.05, 0) is 31.4 Å². The molecule has 20 heavy (non-hydrogen) atoms. The molecule has 0 fully saturated rings. The molecule has 0 unspecified atom stereocenters. The van der Waals surface area contributed by atoms with Crippen molar-refractivity contribution in [1.29, 1.82) is 0 Å². The van der Waals surface area contributed by atoms with Crippen molar-refractivity contribution < 1.29 is 4.92 Å². The molecule has 1 rings (SSSR count). The van der Waals surface area contributed by atoms with Gasteiger partial charge >= 0.3 is 0 Å². The van der Waals surface area contributed by atoms with E-state index in [-0.39, 0.29) is 16.0 Å². The first kappa shape index (κ1) is 16.4. The van der Waals surface area contributed by atoms with Crippen molar-refractivity contribution in [2.45, 2.75) is 34.1 Å². The third kappa shape index (κ3) is 3.93. The second-order valence-electron chi connectivity index (χ2n) is 5.97. The van der Waals surface area contributed by atoms with Crippen LogP contribution in [0.3, 0.4) is 0 Å². The van der Waals surface area contributed by atoms with Crippen LogP contribution >= 0.6 is 0 Å². The molecule has 5 nitrogen and oxygen atoms in total. The first-order valence-corrected chi connectivity index (χ1v) is 7.01. The van der Waals surface area contributed by atoms with E-state index in [1.54, 1.807) is 12.1 Å². The van der Waals surface area contributed by atoms with Gasteiger partial charge in [0.1, 0.15) is 0 Å². The van der Waals surface area contributed by atoms with Gasteiger partial charge in [0.25, 0.3) is 5.69 Å². The van der Waals surface area contributed by atoms with Crippen LogP contribution in [-0.4, -0.2) is 24.6 Å². The summed E-state index contributed by atoms with van der Waals surface area (Å²) in [7, 11) is 0. The lowest BCUT2D eigenvalue weighted by Gasteiger charge is -2.34. The second kappa shape index (κ2) is 6.70. The third-order valence-electron chi connectivity index (χ3n) is 3.48. The minimum atomic E-state index is -0.322. The van der Waals surface area contributed by atoms with Crippen LogP contribution in [0.4, 0.5) is 11.4 Å². The standard InChI is InChI=1S/C15H25N3O2/c1-5-9-17(11-15(3,4)10-16)13-7-6-8-14(12(13)2)18(19)20/h6-8H,5,9-11,16H2,1-4H3. The number of hydrogen-bond donors (Lipinski definition) is 1. The summed E-state index contributed by atoms with van der Waals surface area (Å²) < 4.78 is 0.